The van der Waals surface area contributed by atoms with Gasteiger partial charge in [-0.15, -0.1) is 0 Å². The van der Waals surface area contributed by atoms with Gasteiger partial charge in [0.05, 0.1) is 24.0 Å². The number of ketones is 1. The highest BCUT2D eigenvalue weighted by Crippen LogP contribution is 2.28. The highest BCUT2D eigenvalue weighted by atomic mass is 79.9. The van der Waals surface area contributed by atoms with E-state index in [0.29, 0.717) is 27.0 Å². The van der Waals surface area contributed by atoms with E-state index in [1.54, 1.807) is 17.5 Å². The molecule has 0 unspecified atom stereocenters. The molecule has 0 radical (unpaired) electrons. The number of hydrogen-bond donors (Lipinski definition) is 1. The second-order valence-electron chi connectivity index (χ2n) is 10.2. The molecule has 0 aliphatic carbocycles. The molecule has 5 heterocycles. The highest BCUT2D eigenvalue weighted by Gasteiger charge is 2.40. The Bertz CT molecular complexity index is 1900. The third-order valence-electron chi connectivity index (χ3n) is 7.16. The zero-order valence-electron chi connectivity index (χ0n) is 22.9. The van der Waals surface area contributed by atoms with Gasteiger partial charge < -0.3 is 10.2 Å². The fraction of sp³-hybridized carbons (Fsp3) is 0.286. The molecule has 1 saturated heterocycles. The summed E-state index contributed by atoms with van der Waals surface area (Å²) in [6.07, 6.45) is 1.74. The third kappa shape index (κ3) is 5.13. The Labute approximate surface area is 247 Å². The van der Waals surface area contributed by atoms with E-state index in [1.165, 1.54) is 22.7 Å². The Balaban J connectivity index is 1.27. The number of likely N-dealkylation sites (tertiary alicyclic amines) is 1. The minimum atomic E-state index is -1.36. The number of pyridine rings is 1. The molecule has 5 aromatic rings. The Morgan fingerprint density at radius 1 is 1.10 bits per heavy atom. The van der Waals surface area contributed by atoms with Crippen molar-refractivity contribution < 1.29 is 18.8 Å². The molecular weight excluding hydrogens is 609 g/mol. The number of amides is 2. The van der Waals surface area contributed by atoms with E-state index in [4.69, 9.17) is 0 Å². The summed E-state index contributed by atoms with van der Waals surface area (Å²) in [5.41, 5.74) is 3.82. The molecule has 0 spiro atoms. The van der Waals surface area contributed by atoms with E-state index in [9.17, 15) is 18.8 Å². The predicted molar refractivity (Wildman–Crippen MR) is 155 cm³/mol. The van der Waals surface area contributed by atoms with Gasteiger partial charge in [0, 0.05) is 30.5 Å². The van der Waals surface area contributed by atoms with E-state index in [0.717, 1.165) is 16.8 Å². The van der Waals surface area contributed by atoms with Gasteiger partial charge in [-0.05, 0) is 59.6 Å². The summed E-state index contributed by atoms with van der Waals surface area (Å²) < 4.78 is 18.1. The number of nitrogens with zero attached hydrogens (tertiary/aromatic N) is 8. The molecule has 0 bridgehead atoms. The van der Waals surface area contributed by atoms with Crippen molar-refractivity contribution in [3.63, 3.8) is 0 Å². The molecule has 4 aromatic heterocycles. The fourth-order valence-corrected chi connectivity index (χ4v) is 5.42. The van der Waals surface area contributed by atoms with Crippen LogP contribution in [0.25, 0.3) is 27.7 Å². The average molecular weight is 634 g/mol. The minimum absolute atomic E-state index is 0.143. The molecule has 14 heteroatoms. The highest BCUT2D eigenvalue weighted by molar-refractivity contribution is 9.10. The first-order valence-electron chi connectivity index (χ1n) is 13.2. The lowest BCUT2D eigenvalue weighted by Gasteiger charge is -2.23. The van der Waals surface area contributed by atoms with Gasteiger partial charge in [0.2, 0.25) is 11.8 Å². The van der Waals surface area contributed by atoms with Gasteiger partial charge in [0.1, 0.15) is 34.9 Å². The smallest absolute Gasteiger partial charge is 0.248 e. The first kappa shape index (κ1) is 27.6. The van der Waals surface area contributed by atoms with Crippen LogP contribution in [0, 0.1) is 13.8 Å². The Morgan fingerprint density at radius 2 is 1.88 bits per heavy atom. The molecule has 1 N–H and O–H groups in total. The van der Waals surface area contributed by atoms with Crippen LogP contribution in [-0.4, -0.2) is 75.6 Å². The molecule has 6 rings (SSSR count). The zero-order chi connectivity index (χ0) is 29.7. The Morgan fingerprint density at radius 3 is 2.64 bits per heavy atom. The molecule has 42 heavy (non-hydrogen) atoms. The standard InChI is InChI=1S/C28H25BrFN9O3/c1-14-27(29)33-23(10-31-14)34-28(42)22-9-19(30)12-37(22)25(41)13-38-21-6-4-17(8-20(21)26(36-38)15(2)40)18-5-7-24-32-16(3)35-39(24)11-18/h4-8,10-11,19,22H,9,12-13H2,1-3H3,(H,33,34,42)/t19-,22+/m1/s1. The van der Waals surface area contributed by atoms with Gasteiger partial charge in [0.15, 0.2) is 17.2 Å². The summed E-state index contributed by atoms with van der Waals surface area (Å²) in [7, 11) is 0. The fourth-order valence-electron chi connectivity index (χ4n) is 5.13. The number of halogens is 2. The van der Waals surface area contributed by atoms with Crippen molar-refractivity contribution in [2.24, 2.45) is 0 Å². The summed E-state index contributed by atoms with van der Waals surface area (Å²) in [5, 5.41) is 12.0. The SMILES string of the molecule is CC(=O)c1nn(CC(=O)N2C[C@H](F)C[C@H]2C(=O)Nc2cnc(C)c(Br)n2)c2ccc(-c3ccc4nc(C)nn4c3)cc12. The molecule has 1 aliphatic rings. The maximum atomic E-state index is 14.5. The largest absolute Gasteiger partial charge is 0.326 e. The maximum Gasteiger partial charge on any atom is 0.248 e. The monoisotopic (exact) mass is 633 g/mol. The number of Topliss-reactive ketones (excluding diaryl/α,β-unsaturated/α-hetero) is 1. The van der Waals surface area contributed by atoms with Gasteiger partial charge in [-0.25, -0.2) is 18.9 Å². The van der Waals surface area contributed by atoms with Crippen molar-refractivity contribution in [1.82, 2.24) is 39.2 Å². The van der Waals surface area contributed by atoms with Gasteiger partial charge in [-0.2, -0.15) is 10.2 Å². The van der Waals surface area contributed by atoms with Crippen LogP contribution in [0.5, 0.6) is 0 Å². The van der Waals surface area contributed by atoms with Gasteiger partial charge in [-0.3, -0.25) is 24.0 Å². The molecular formula is C28H25BrFN9O3. The second-order valence-corrected chi connectivity index (χ2v) is 10.9. The first-order chi connectivity index (χ1) is 20.1. The maximum absolute atomic E-state index is 14.5. The van der Waals surface area contributed by atoms with Gasteiger partial charge in [-0.1, -0.05) is 6.07 Å². The van der Waals surface area contributed by atoms with Crippen LogP contribution >= 0.6 is 15.9 Å². The molecule has 0 saturated carbocycles. The molecule has 1 fully saturated rings. The minimum Gasteiger partial charge on any atom is -0.326 e. The summed E-state index contributed by atoms with van der Waals surface area (Å²) >= 11 is 3.27. The third-order valence-corrected chi connectivity index (χ3v) is 7.91. The number of aryl methyl sites for hydroxylation is 2. The van der Waals surface area contributed by atoms with Crippen LogP contribution in [0.2, 0.25) is 0 Å². The molecule has 214 valence electrons. The average Bonchev–Trinajstić information content (AvgIpc) is 3.64. The van der Waals surface area contributed by atoms with Crippen molar-refractivity contribution in [2.75, 3.05) is 11.9 Å². The van der Waals surface area contributed by atoms with E-state index in [2.05, 4.69) is 46.4 Å². The lowest BCUT2D eigenvalue weighted by Crippen LogP contribution is -2.44. The van der Waals surface area contributed by atoms with Gasteiger partial charge in [0.25, 0.3) is 0 Å². The van der Waals surface area contributed by atoms with Crippen molar-refractivity contribution in [2.45, 2.75) is 46.0 Å². The number of fused-ring (bicyclic) bond motifs is 2. The summed E-state index contributed by atoms with van der Waals surface area (Å²) in [5.74, 6) is -0.487. The van der Waals surface area contributed by atoms with Crippen LogP contribution in [-0.2, 0) is 16.1 Å². The van der Waals surface area contributed by atoms with Crippen LogP contribution in [0.15, 0.2) is 47.3 Å². The van der Waals surface area contributed by atoms with Crippen LogP contribution < -0.4 is 5.32 Å². The first-order valence-corrected chi connectivity index (χ1v) is 13.9. The number of benzene rings is 1. The molecule has 1 aromatic carbocycles. The lowest BCUT2D eigenvalue weighted by molar-refractivity contribution is -0.137. The quantitative estimate of drug-likeness (QED) is 0.279. The summed E-state index contributed by atoms with van der Waals surface area (Å²) in [6.45, 7) is 4.47. The number of hydrogen-bond acceptors (Lipinski definition) is 8. The number of nitrogens with one attached hydrogen (secondary N) is 1. The number of carbonyl (C=O) groups excluding carboxylic acids is 3. The van der Waals surface area contributed by atoms with Gasteiger partial charge >= 0.3 is 0 Å². The number of rotatable bonds is 6. The second kappa shape index (κ2) is 10.7. The van der Waals surface area contributed by atoms with Crippen LogP contribution in [0.4, 0.5) is 10.2 Å². The van der Waals surface area contributed by atoms with E-state index < -0.39 is 24.0 Å². The zero-order valence-corrected chi connectivity index (χ0v) is 24.5. The van der Waals surface area contributed by atoms with E-state index in [1.807, 2.05) is 37.4 Å². The molecule has 2 amide bonds. The van der Waals surface area contributed by atoms with Crippen molar-refractivity contribution in [3.8, 4) is 11.1 Å². The molecule has 12 nitrogen and oxygen atoms in total. The van der Waals surface area contributed by atoms with Crippen molar-refractivity contribution in [1.29, 1.82) is 0 Å². The number of aromatic nitrogens is 7. The molecule has 1 aliphatic heterocycles. The lowest BCUT2D eigenvalue weighted by atomic mass is 10.0. The topological polar surface area (TPSA) is 140 Å². The van der Waals surface area contributed by atoms with E-state index >= 15 is 0 Å². The van der Waals surface area contributed by atoms with Crippen molar-refractivity contribution in [3.05, 3.63) is 64.5 Å². The number of anilines is 1. The van der Waals surface area contributed by atoms with E-state index in [-0.39, 0.29) is 36.8 Å². The number of alkyl halides is 1. The summed E-state index contributed by atoms with van der Waals surface area (Å²) in [4.78, 5) is 52.9. The number of carbonyl (C=O) groups is 3. The van der Waals surface area contributed by atoms with Crippen LogP contribution in [0.1, 0.15) is 35.4 Å². The normalized spacial score (nSPS) is 16.8. The Kier molecular flexibility index (Phi) is 7.01. The summed E-state index contributed by atoms with van der Waals surface area (Å²) in [6, 6.07) is 8.23. The Hall–Kier alpha value is -4.59. The van der Waals surface area contributed by atoms with Crippen LogP contribution in [0.3, 0.4) is 0 Å². The molecule has 2 atom stereocenters. The van der Waals surface area contributed by atoms with Crippen molar-refractivity contribution >= 4 is 55.9 Å². The predicted octanol–water partition coefficient (Wildman–Crippen LogP) is 3.70.